The summed E-state index contributed by atoms with van der Waals surface area (Å²) >= 11 is 0. The van der Waals surface area contributed by atoms with Gasteiger partial charge in [-0.15, -0.1) is 0 Å². The highest BCUT2D eigenvalue weighted by atomic mass is 16.3. The van der Waals surface area contributed by atoms with Crippen LogP contribution in [0.2, 0.25) is 0 Å². The van der Waals surface area contributed by atoms with Crippen LogP contribution < -0.4 is 0 Å². The summed E-state index contributed by atoms with van der Waals surface area (Å²) in [5.41, 5.74) is 12.8. The van der Waals surface area contributed by atoms with Crippen LogP contribution in [0, 0.1) is 0 Å². The van der Waals surface area contributed by atoms with Crippen molar-refractivity contribution >= 4 is 98.6 Å². The van der Waals surface area contributed by atoms with Crippen LogP contribution in [-0.2, 0) is 0 Å². The normalized spacial score (nSPS) is 14.7. The van der Waals surface area contributed by atoms with Gasteiger partial charge >= 0.3 is 0 Å². The molecule has 0 amide bonds. The third kappa shape index (κ3) is 5.94. The van der Waals surface area contributed by atoms with Crippen LogP contribution in [0.1, 0.15) is 42.0 Å². The van der Waals surface area contributed by atoms with Crippen molar-refractivity contribution in [3.05, 3.63) is 229 Å². The molecule has 10 aromatic carbocycles. The average molecular weight is 859 g/mol. The molecule has 14 rings (SSSR count). The van der Waals surface area contributed by atoms with Gasteiger partial charge in [0.2, 0.25) is 0 Å². The summed E-state index contributed by atoms with van der Waals surface area (Å²) < 4.78 is 11.6. The molecule has 1 unspecified atom stereocenters. The number of rotatable bonds is 5. The number of amidine groups is 1. The van der Waals surface area contributed by atoms with Crippen molar-refractivity contribution in [2.24, 2.45) is 9.98 Å². The zero-order chi connectivity index (χ0) is 44.0. The first kappa shape index (κ1) is 37.8. The van der Waals surface area contributed by atoms with Gasteiger partial charge in [0.05, 0.1) is 39.5 Å². The minimum atomic E-state index is -0.182. The van der Waals surface area contributed by atoms with Crippen molar-refractivity contribution in [1.29, 1.82) is 0 Å². The van der Waals surface area contributed by atoms with Gasteiger partial charge in [-0.1, -0.05) is 152 Å². The highest BCUT2D eigenvalue weighted by Crippen LogP contribution is 2.43. The fraction of sp³-hybridized carbons (Fsp3) is 0.0645. The maximum Gasteiger partial charge on any atom is 0.157 e. The van der Waals surface area contributed by atoms with Gasteiger partial charge < -0.3 is 13.6 Å². The Morgan fingerprint density at radius 2 is 1.09 bits per heavy atom. The summed E-state index contributed by atoms with van der Waals surface area (Å²) in [5, 5.41) is 11.8. The van der Waals surface area contributed by atoms with Gasteiger partial charge in [-0.05, 0) is 101 Å². The number of hydrogen-bond donors (Lipinski definition) is 0. The predicted molar refractivity (Wildman–Crippen MR) is 280 cm³/mol. The van der Waals surface area contributed by atoms with E-state index in [1.54, 1.807) is 0 Å². The molecule has 4 heterocycles. The molecule has 0 bridgehead atoms. The molecule has 0 saturated carbocycles. The average Bonchev–Trinajstić information content (AvgIpc) is 4.02. The summed E-state index contributed by atoms with van der Waals surface area (Å²) in [4.78, 5) is 11.9. The van der Waals surface area contributed by atoms with Crippen molar-refractivity contribution in [1.82, 2.24) is 9.13 Å². The SMILES string of the molecule is c1ccc(-n2c3ccccc3c3c(C4CCCC(c5cccc6ccccc56)=NC(c5cc6c(cc5-n5c7ccccc7c7cc8ccccc8cc75)oc5ccccc56)=N4)cccc32)cc1. The van der Waals surface area contributed by atoms with Gasteiger partial charge in [-0.25, -0.2) is 4.99 Å². The van der Waals surface area contributed by atoms with E-state index in [2.05, 4.69) is 215 Å². The van der Waals surface area contributed by atoms with Crippen LogP contribution in [0.25, 0.3) is 98.5 Å². The van der Waals surface area contributed by atoms with Gasteiger partial charge in [-0.3, -0.25) is 4.99 Å². The van der Waals surface area contributed by atoms with Crippen molar-refractivity contribution in [2.45, 2.75) is 25.3 Å². The fourth-order valence-corrected chi connectivity index (χ4v) is 11.1. The number of furan rings is 1. The Kier molecular flexibility index (Phi) is 8.47. The lowest BCUT2D eigenvalue weighted by Gasteiger charge is -2.22. The molecule has 13 aromatic rings. The van der Waals surface area contributed by atoms with E-state index in [-0.39, 0.29) is 6.04 Å². The van der Waals surface area contributed by atoms with E-state index in [0.29, 0.717) is 5.84 Å². The molecule has 0 N–H and O–H groups in total. The minimum absolute atomic E-state index is 0.182. The van der Waals surface area contributed by atoms with E-state index in [1.807, 2.05) is 6.07 Å². The summed E-state index contributed by atoms with van der Waals surface area (Å²) in [5.74, 6) is 0.713. The number of hydrogen-bond acceptors (Lipinski definition) is 3. The van der Waals surface area contributed by atoms with E-state index in [9.17, 15) is 0 Å². The third-order valence-electron chi connectivity index (χ3n) is 14.1. The van der Waals surface area contributed by atoms with E-state index < -0.39 is 0 Å². The van der Waals surface area contributed by atoms with Crippen molar-refractivity contribution in [3.8, 4) is 11.4 Å². The maximum atomic E-state index is 6.74. The van der Waals surface area contributed by atoms with E-state index >= 15 is 0 Å². The first-order valence-corrected chi connectivity index (χ1v) is 23.3. The topological polar surface area (TPSA) is 47.7 Å². The standard InChI is InChI=1S/C62H42N4O/c1-2-21-42(22-3-1)65-55-32-12-9-26-48(55)61-47(28-15-33-56(61)65)53-30-16-29-52(44-27-14-20-39-17-6-7-23-43(39)44)63-62(64-53)51-37-50-46-25-10-13-34-59(46)67-60(50)38-58(51)66-54-31-11-8-24-45(54)49-35-40-18-4-5-19-41(40)36-57(49)66/h1-15,17-28,31-38,53H,16,29-30H2. The van der Waals surface area contributed by atoms with Gasteiger partial charge in [0.25, 0.3) is 0 Å². The Hall–Kier alpha value is -8.54. The van der Waals surface area contributed by atoms with E-state index in [4.69, 9.17) is 14.4 Å². The van der Waals surface area contributed by atoms with Crippen molar-refractivity contribution in [2.75, 3.05) is 0 Å². The van der Waals surface area contributed by atoms with Crippen LogP contribution >= 0.6 is 0 Å². The number of nitrogens with zero attached hydrogens (tertiary/aromatic N) is 4. The summed E-state index contributed by atoms with van der Waals surface area (Å²) in [6.07, 6.45) is 2.58. The van der Waals surface area contributed by atoms with E-state index in [1.165, 1.54) is 59.7 Å². The molecule has 1 aliphatic heterocycles. The molecule has 67 heavy (non-hydrogen) atoms. The molecule has 1 aliphatic rings. The second-order valence-electron chi connectivity index (χ2n) is 17.9. The zero-order valence-electron chi connectivity index (χ0n) is 36.6. The monoisotopic (exact) mass is 858 g/mol. The molecule has 0 fully saturated rings. The Morgan fingerprint density at radius 3 is 1.94 bits per heavy atom. The zero-order valence-corrected chi connectivity index (χ0v) is 36.6. The molecular weight excluding hydrogens is 817 g/mol. The quantitative estimate of drug-likeness (QED) is 0.170. The van der Waals surface area contributed by atoms with Crippen molar-refractivity contribution < 1.29 is 4.42 Å². The van der Waals surface area contributed by atoms with Gasteiger partial charge in [0, 0.05) is 55.2 Å². The molecule has 3 aromatic heterocycles. The summed E-state index contributed by atoms with van der Waals surface area (Å²) in [6.45, 7) is 0. The Morgan fingerprint density at radius 1 is 0.433 bits per heavy atom. The number of fused-ring (bicyclic) bond motifs is 11. The van der Waals surface area contributed by atoms with Crippen molar-refractivity contribution in [3.63, 3.8) is 0 Å². The molecular formula is C62H42N4O. The molecule has 0 saturated heterocycles. The van der Waals surface area contributed by atoms with Gasteiger partial charge in [0.15, 0.2) is 5.84 Å². The molecule has 0 spiro atoms. The highest BCUT2D eigenvalue weighted by Gasteiger charge is 2.27. The first-order chi connectivity index (χ1) is 33.2. The van der Waals surface area contributed by atoms with Crippen LogP contribution in [0.5, 0.6) is 0 Å². The lowest BCUT2D eigenvalue weighted by Crippen LogP contribution is -2.15. The number of aromatic nitrogens is 2. The molecule has 316 valence electrons. The maximum absolute atomic E-state index is 6.74. The van der Waals surface area contributed by atoms with Gasteiger partial charge in [0.1, 0.15) is 11.2 Å². The second-order valence-corrected chi connectivity index (χ2v) is 17.9. The van der Waals surface area contributed by atoms with Gasteiger partial charge in [-0.2, -0.15) is 0 Å². The minimum Gasteiger partial charge on any atom is -0.456 e. The lowest BCUT2D eigenvalue weighted by atomic mass is 9.92. The number of aliphatic imine (C=N–C) groups is 2. The van der Waals surface area contributed by atoms with Crippen LogP contribution in [0.15, 0.2) is 227 Å². The Balaban J connectivity index is 1.10. The number of para-hydroxylation sites is 4. The molecule has 0 radical (unpaired) electrons. The second kappa shape index (κ2) is 15.0. The Bertz CT molecular complexity index is 4200. The molecule has 5 heteroatoms. The molecule has 5 nitrogen and oxygen atoms in total. The highest BCUT2D eigenvalue weighted by molar-refractivity contribution is 6.21. The smallest absolute Gasteiger partial charge is 0.157 e. The predicted octanol–water partition coefficient (Wildman–Crippen LogP) is 16.2. The largest absolute Gasteiger partial charge is 0.456 e. The van der Waals surface area contributed by atoms with E-state index in [0.717, 1.165) is 80.4 Å². The van der Waals surface area contributed by atoms with Crippen LogP contribution in [-0.4, -0.2) is 20.7 Å². The third-order valence-corrected chi connectivity index (χ3v) is 14.1. The first-order valence-electron chi connectivity index (χ1n) is 23.3. The lowest BCUT2D eigenvalue weighted by molar-refractivity contribution is 0.626. The molecule has 1 atom stereocenters. The van der Waals surface area contributed by atoms with Crippen LogP contribution in [0.3, 0.4) is 0 Å². The summed E-state index contributed by atoms with van der Waals surface area (Å²) in [7, 11) is 0. The fourth-order valence-electron chi connectivity index (χ4n) is 11.1. The Labute approximate surface area is 386 Å². The molecule has 0 aliphatic carbocycles. The summed E-state index contributed by atoms with van der Waals surface area (Å²) in [6, 6.07) is 76.4. The van der Waals surface area contributed by atoms with Crippen LogP contribution in [0.4, 0.5) is 0 Å². The number of benzene rings is 10.